The fraction of sp³-hybridized carbons (Fsp3) is 0.136. The van der Waals surface area contributed by atoms with Crippen LogP contribution in [0.1, 0.15) is 26.3 Å². The van der Waals surface area contributed by atoms with E-state index in [-0.39, 0.29) is 22.8 Å². The highest BCUT2D eigenvalue weighted by Gasteiger charge is 2.26. The van der Waals surface area contributed by atoms with Crippen LogP contribution in [-0.4, -0.2) is 35.3 Å². The first-order chi connectivity index (χ1) is 15.0. The van der Waals surface area contributed by atoms with E-state index in [0.29, 0.717) is 24.2 Å². The number of fused-ring (bicyclic) bond motifs is 1. The van der Waals surface area contributed by atoms with E-state index < -0.39 is 10.8 Å². The molecular formula is C22H19N5O4. The van der Waals surface area contributed by atoms with Crippen molar-refractivity contribution in [2.75, 3.05) is 23.8 Å². The quantitative estimate of drug-likeness (QED) is 0.486. The van der Waals surface area contributed by atoms with Crippen LogP contribution in [0, 0.1) is 10.1 Å². The van der Waals surface area contributed by atoms with Crippen molar-refractivity contribution in [2.45, 2.75) is 6.42 Å². The topological polar surface area (TPSA) is 117 Å². The summed E-state index contributed by atoms with van der Waals surface area (Å²) in [7, 11) is 1.47. The number of nitro groups is 1. The first kappa shape index (κ1) is 20.0. The van der Waals surface area contributed by atoms with Crippen LogP contribution in [0.5, 0.6) is 0 Å². The molecule has 2 N–H and O–H groups in total. The summed E-state index contributed by atoms with van der Waals surface area (Å²) in [6.45, 7) is 0.549. The minimum Gasteiger partial charge on any atom is -0.355 e. The third-order valence-electron chi connectivity index (χ3n) is 5.09. The maximum Gasteiger partial charge on any atom is 0.293 e. The Balaban J connectivity index is 1.59. The van der Waals surface area contributed by atoms with Crippen LogP contribution in [0.4, 0.5) is 22.7 Å². The number of hydrogen-bond acceptors (Lipinski definition) is 6. The van der Waals surface area contributed by atoms with E-state index in [2.05, 4.69) is 15.6 Å². The summed E-state index contributed by atoms with van der Waals surface area (Å²) in [6.07, 6.45) is 3.83. The van der Waals surface area contributed by atoms with Crippen molar-refractivity contribution < 1.29 is 14.5 Å². The zero-order valence-corrected chi connectivity index (χ0v) is 16.7. The number of amides is 2. The lowest BCUT2D eigenvalue weighted by Crippen LogP contribution is -2.28. The lowest BCUT2D eigenvalue weighted by atomic mass is 10.1. The molecule has 0 spiro atoms. The first-order valence-electron chi connectivity index (χ1n) is 9.60. The lowest BCUT2D eigenvalue weighted by Gasteiger charge is -2.17. The van der Waals surface area contributed by atoms with Gasteiger partial charge in [0.25, 0.3) is 17.5 Å². The van der Waals surface area contributed by atoms with E-state index >= 15 is 0 Å². The van der Waals surface area contributed by atoms with Crippen LogP contribution in [-0.2, 0) is 6.42 Å². The normalized spacial score (nSPS) is 12.2. The summed E-state index contributed by atoms with van der Waals surface area (Å²) in [5.41, 5.74) is 3.23. The molecule has 9 heteroatoms. The summed E-state index contributed by atoms with van der Waals surface area (Å²) >= 11 is 0. The van der Waals surface area contributed by atoms with E-state index in [0.717, 1.165) is 11.3 Å². The number of hydrogen-bond donors (Lipinski definition) is 2. The predicted octanol–water partition coefficient (Wildman–Crippen LogP) is 3.30. The number of nitro benzene ring substituents is 1. The Morgan fingerprint density at radius 2 is 1.97 bits per heavy atom. The fourth-order valence-electron chi connectivity index (χ4n) is 3.57. The summed E-state index contributed by atoms with van der Waals surface area (Å²) in [5.74, 6) is -0.515. The van der Waals surface area contributed by atoms with Gasteiger partial charge in [0.2, 0.25) is 0 Å². The first-order valence-corrected chi connectivity index (χ1v) is 9.60. The highest BCUT2D eigenvalue weighted by atomic mass is 16.6. The molecular weight excluding hydrogens is 398 g/mol. The number of nitrogens with zero attached hydrogens (tertiary/aromatic N) is 3. The van der Waals surface area contributed by atoms with Gasteiger partial charge in [-0.3, -0.25) is 24.7 Å². The maximum absolute atomic E-state index is 12.8. The van der Waals surface area contributed by atoms with E-state index in [4.69, 9.17) is 0 Å². The van der Waals surface area contributed by atoms with E-state index in [1.165, 1.54) is 31.4 Å². The number of anilines is 3. The average Bonchev–Trinajstić information content (AvgIpc) is 3.22. The van der Waals surface area contributed by atoms with Gasteiger partial charge in [-0.25, -0.2) is 0 Å². The molecule has 1 aliphatic rings. The zero-order valence-electron chi connectivity index (χ0n) is 16.7. The van der Waals surface area contributed by atoms with Gasteiger partial charge in [-0.05, 0) is 54.4 Å². The molecule has 2 aromatic carbocycles. The van der Waals surface area contributed by atoms with Crippen LogP contribution >= 0.6 is 0 Å². The van der Waals surface area contributed by atoms with Crippen molar-refractivity contribution in [2.24, 2.45) is 0 Å². The molecule has 0 unspecified atom stereocenters. The van der Waals surface area contributed by atoms with Gasteiger partial charge in [-0.1, -0.05) is 0 Å². The van der Waals surface area contributed by atoms with Crippen molar-refractivity contribution in [1.29, 1.82) is 0 Å². The molecule has 0 fully saturated rings. The predicted molar refractivity (Wildman–Crippen MR) is 116 cm³/mol. The van der Waals surface area contributed by atoms with Gasteiger partial charge < -0.3 is 15.5 Å². The van der Waals surface area contributed by atoms with Crippen LogP contribution in [0.2, 0.25) is 0 Å². The fourth-order valence-corrected chi connectivity index (χ4v) is 3.57. The second-order valence-corrected chi connectivity index (χ2v) is 6.99. The Morgan fingerprint density at radius 1 is 1.13 bits per heavy atom. The van der Waals surface area contributed by atoms with Crippen LogP contribution in [0.15, 0.2) is 60.9 Å². The number of benzene rings is 2. The summed E-state index contributed by atoms with van der Waals surface area (Å²) < 4.78 is 0. The monoisotopic (exact) mass is 417 g/mol. The average molecular weight is 417 g/mol. The van der Waals surface area contributed by atoms with E-state index in [1.807, 2.05) is 12.1 Å². The molecule has 0 atom stereocenters. The molecule has 0 saturated heterocycles. The molecule has 0 aliphatic carbocycles. The number of carbonyl (C=O) groups excluding carboxylic acids is 2. The number of nitrogens with one attached hydrogen (secondary N) is 2. The standard InChI is InChI=1S/C22H19N5O4/c1-23-21(28)15-4-6-18(20(12-15)27(30)31)25-17-5-7-19-14(11-17)8-10-26(19)22(29)16-3-2-9-24-13-16/h2-7,9,11-13,25H,8,10H2,1H3,(H,23,28). The smallest absolute Gasteiger partial charge is 0.293 e. The van der Waals surface area contributed by atoms with Crippen molar-refractivity contribution in [1.82, 2.24) is 10.3 Å². The maximum atomic E-state index is 12.8. The van der Waals surface area contributed by atoms with Crippen molar-refractivity contribution in [3.8, 4) is 0 Å². The number of carbonyl (C=O) groups is 2. The minimum atomic E-state index is -0.531. The van der Waals surface area contributed by atoms with Crippen LogP contribution in [0.3, 0.4) is 0 Å². The largest absolute Gasteiger partial charge is 0.355 e. The molecule has 4 rings (SSSR count). The molecule has 9 nitrogen and oxygen atoms in total. The number of rotatable bonds is 5. The molecule has 0 saturated carbocycles. The molecule has 1 aliphatic heterocycles. The van der Waals surface area contributed by atoms with E-state index in [1.54, 1.807) is 29.3 Å². The van der Waals surface area contributed by atoms with Crippen molar-refractivity contribution in [3.05, 3.63) is 87.7 Å². The molecule has 2 heterocycles. The molecule has 1 aromatic heterocycles. The zero-order chi connectivity index (χ0) is 22.0. The van der Waals surface area contributed by atoms with Crippen molar-refractivity contribution >= 4 is 34.6 Å². The minimum absolute atomic E-state index is 0.118. The molecule has 31 heavy (non-hydrogen) atoms. The van der Waals surface area contributed by atoms with Gasteiger partial charge in [0.1, 0.15) is 5.69 Å². The molecule has 3 aromatic rings. The molecule has 0 radical (unpaired) electrons. The highest BCUT2D eigenvalue weighted by molar-refractivity contribution is 6.07. The molecule has 156 valence electrons. The Hall–Kier alpha value is -4.27. The number of pyridine rings is 1. The third kappa shape index (κ3) is 3.93. The lowest BCUT2D eigenvalue weighted by molar-refractivity contribution is -0.383. The van der Waals surface area contributed by atoms with Gasteiger partial charge in [0.05, 0.1) is 10.5 Å². The summed E-state index contributed by atoms with van der Waals surface area (Å²) in [5, 5.41) is 17.0. The van der Waals surface area contributed by atoms with Gasteiger partial charge in [-0.15, -0.1) is 0 Å². The van der Waals surface area contributed by atoms with Crippen LogP contribution < -0.4 is 15.5 Å². The Morgan fingerprint density at radius 3 is 2.68 bits per heavy atom. The SMILES string of the molecule is CNC(=O)c1ccc(Nc2ccc3c(c2)CCN3C(=O)c2cccnc2)c([N+](=O)[O-])c1. The van der Waals surface area contributed by atoms with Crippen LogP contribution in [0.25, 0.3) is 0 Å². The van der Waals surface area contributed by atoms with E-state index in [9.17, 15) is 19.7 Å². The highest BCUT2D eigenvalue weighted by Crippen LogP contribution is 2.34. The van der Waals surface area contributed by atoms with Crippen molar-refractivity contribution in [3.63, 3.8) is 0 Å². The van der Waals surface area contributed by atoms with Gasteiger partial charge in [0, 0.05) is 49.0 Å². The Labute approximate surface area is 177 Å². The Kier molecular flexibility index (Phi) is 5.31. The van der Waals surface area contributed by atoms with Gasteiger partial charge in [0.15, 0.2) is 0 Å². The number of aromatic nitrogens is 1. The molecule has 0 bridgehead atoms. The summed E-state index contributed by atoms with van der Waals surface area (Å²) in [6, 6.07) is 13.2. The van der Waals surface area contributed by atoms with Gasteiger partial charge in [-0.2, -0.15) is 0 Å². The Bertz CT molecular complexity index is 1180. The summed E-state index contributed by atoms with van der Waals surface area (Å²) in [4.78, 5) is 41.2. The van der Waals surface area contributed by atoms with Gasteiger partial charge >= 0.3 is 0 Å². The second kappa shape index (κ2) is 8.23. The third-order valence-corrected chi connectivity index (χ3v) is 5.09. The second-order valence-electron chi connectivity index (χ2n) is 6.99. The molecule has 2 amide bonds.